The molecule has 6 heteroatoms. The Morgan fingerprint density at radius 2 is 2.00 bits per heavy atom. The number of aliphatic imine (C=N–C) groups is 1. The summed E-state index contributed by atoms with van der Waals surface area (Å²) >= 11 is 5.51. The summed E-state index contributed by atoms with van der Waals surface area (Å²) in [6.45, 7) is 0. The standard InChI is InChI=1S/C10H8ClNO3S/c1-15-8-5-3-2-4-7(8)9-6-12-10(11)16(9,13)14/h2-6H,1H3. The van der Waals surface area contributed by atoms with Gasteiger partial charge in [-0.3, -0.25) is 0 Å². The van der Waals surface area contributed by atoms with Crippen molar-refractivity contribution >= 4 is 30.8 Å². The van der Waals surface area contributed by atoms with Crippen molar-refractivity contribution in [2.24, 2.45) is 4.99 Å². The van der Waals surface area contributed by atoms with E-state index in [9.17, 15) is 8.42 Å². The fraction of sp³-hybridized carbons (Fsp3) is 0.100. The summed E-state index contributed by atoms with van der Waals surface area (Å²) < 4.78 is 28.2. The van der Waals surface area contributed by atoms with Gasteiger partial charge in [0.05, 0.1) is 7.11 Å². The predicted octanol–water partition coefficient (Wildman–Crippen LogP) is 2.02. The van der Waals surface area contributed by atoms with Crippen LogP contribution in [0.4, 0.5) is 0 Å². The third-order valence-electron chi connectivity index (χ3n) is 2.17. The van der Waals surface area contributed by atoms with Gasteiger partial charge in [-0.1, -0.05) is 12.1 Å². The smallest absolute Gasteiger partial charge is 0.237 e. The van der Waals surface area contributed by atoms with E-state index in [4.69, 9.17) is 16.3 Å². The summed E-state index contributed by atoms with van der Waals surface area (Å²) in [5, 5.41) is 0. The van der Waals surface area contributed by atoms with Crippen LogP contribution in [-0.4, -0.2) is 20.0 Å². The second-order valence-corrected chi connectivity index (χ2v) is 5.49. The number of para-hydroxylation sites is 1. The Kier molecular flexibility index (Phi) is 2.73. The van der Waals surface area contributed by atoms with Gasteiger partial charge in [0.15, 0.2) is 0 Å². The van der Waals surface area contributed by atoms with E-state index >= 15 is 0 Å². The first-order valence-electron chi connectivity index (χ1n) is 4.39. The maximum absolute atomic E-state index is 11.8. The average Bonchev–Trinajstić information content (AvgIpc) is 2.54. The lowest BCUT2D eigenvalue weighted by atomic mass is 10.2. The Labute approximate surface area is 98.1 Å². The zero-order valence-corrected chi connectivity index (χ0v) is 9.92. The summed E-state index contributed by atoms with van der Waals surface area (Å²) in [7, 11) is -2.18. The molecule has 0 fully saturated rings. The van der Waals surface area contributed by atoms with E-state index in [0.717, 1.165) is 0 Å². The number of benzene rings is 1. The first kappa shape index (κ1) is 11.2. The number of rotatable bonds is 2. The van der Waals surface area contributed by atoms with Crippen LogP contribution in [0.1, 0.15) is 5.56 Å². The van der Waals surface area contributed by atoms with E-state index in [1.165, 1.54) is 13.3 Å². The van der Waals surface area contributed by atoms with Gasteiger partial charge in [-0.2, -0.15) is 0 Å². The molecule has 1 aromatic rings. The molecule has 1 aliphatic rings. The molecule has 0 radical (unpaired) electrons. The van der Waals surface area contributed by atoms with E-state index in [-0.39, 0.29) is 4.91 Å². The minimum absolute atomic E-state index is 0.0648. The molecule has 0 N–H and O–H groups in total. The molecule has 0 amide bonds. The molecule has 0 saturated heterocycles. The molecule has 0 unspecified atom stereocenters. The van der Waals surface area contributed by atoms with Gasteiger partial charge in [-0.25, -0.2) is 13.4 Å². The third kappa shape index (κ3) is 1.62. The lowest BCUT2D eigenvalue weighted by Crippen LogP contribution is -2.07. The van der Waals surface area contributed by atoms with Crippen molar-refractivity contribution in [3.8, 4) is 5.75 Å². The normalized spacial score (nSPS) is 17.9. The molecule has 4 nitrogen and oxygen atoms in total. The van der Waals surface area contributed by atoms with Gasteiger partial charge in [0, 0.05) is 11.8 Å². The molecule has 1 heterocycles. The fourth-order valence-corrected chi connectivity index (χ4v) is 2.72. The number of methoxy groups -OCH3 is 1. The van der Waals surface area contributed by atoms with Crippen LogP contribution in [0.3, 0.4) is 0 Å². The highest BCUT2D eigenvalue weighted by Gasteiger charge is 2.30. The zero-order valence-electron chi connectivity index (χ0n) is 8.34. The highest BCUT2D eigenvalue weighted by molar-refractivity contribution is 8.17. The molecule has 1 aromatic carbocycles. The molecule has 0 bridgehead atoms. The van der Waals surface area contributed by atoms with Gasteiger partial charge in [0.2, 0.25) is 14.3 Å². The molecule has 0 aromatic heterocycles. The molecule has 0 atom stereocenters. The van der Waals surface area contributed by atoms with E-state index < -0.39 is 14.3 Å². The monoisotopic (exact) mass is 257 g/mol. The molecule has 16 heavy (non-hydrogen) atoms. The number of hydrogen-bond donors (Lipinski definition) is 0. The molecule has 0 aliphatic carbocycles. The molecule has 0 spiro atoms. The Morgan fingerprint density at radius 1 is 1.31 bits per heavy atom. The van der Waals surface area contributed by atoms with Crippen LogP contribution >= 0.6 is 11.6 Å². The summed E-state index contributed by atoms with van der Waals surface area (Å²) in [6, 6.07) is 6.80. The van der Waals surface area contributed by atoms with Gasteiger partial charge < -0.3 is 4.74 Å². The van der Waals surface area contributed by atoms with E-state index in [1.807, 2.05) is 0 Å². The van der Waals surface area contributed by atoms with Gasteiger partial charge in [-0.05, 0) is 23.7 Å². The first-order valence-corrected chi connectivity index (χ1v) is 6.25. The zero-order chi connectivity index (χ0) is 11.8. The highest BCUT2D eigenvalue weighted by atomic mass is 35.5. The number of ether oxygens (including phenoxy) is 1. The van der Waals surface area contributed by atoms with E-state index in [1.54, 1.807) is 24.3 Å². The van der Waals surface area contributed by atoms with Crippen LogP contribution in [0.15, 0.2) is 35.5 Å². The molecular weight excluding hydrogens is 250 g/mol. The van der Waals surface area contributed by atoms with Crippen LogP contribution in [-0.2, 0) is 9.84 Å². The van der Waals surface area contributed by atoms with Crippen molar-refractivity contribution in [1.29, 1.82) is 0 Å². The van der Waals surface area contributed by atoms with Crippen LogP contribution < -0.4 is 4.74 Å². The van der Waals surface area contributed by atoms with Gasteiger partial charge in [0.1, 0.15) is 10.7 Å². The first-order chi connectivity index (χ1) is 7.57. The highest BCUT2D eigenvalue weighted by Crippen LogP contribution is 2.34. The maximum atomic E-state index is 11.8. The maximum Gasteiger partial charge on any atom is 0.237 e. The van der Waals surface area contributed by atoms with E-state index in [2.05, 4.69) is 4.99 Å². The lowest BCUT2D eigenvalue weighted by molar-refractivity contribution is 0.413. The summed E-state index contributed by atoms with van der Waals surface area (Å²) in [5.74, 6) is 0.471. The Balaban J connectivity index is 2.57. The minimum Gasteiger partial charge on any atom is -0.496 e. The van der Waals surface area contributed by atoms with Crippen molar-refractivity contribution in [2.75, 3.05) is 7.11 Å². The van der Waals surface area contributed by atoms with Crippen LogP contribution in [0, 0.1) is 0 Å². The lowest BCUT2D eigenvalue weighted by Gasteiger charge is -2.07. The fourth-order valence-electron chi connectivity index (χ4n) is 1.40. The predicted molar refractivity (Wildman–Crippen MR) is 63.2 cm³/mol. The Hall–Kier alpha value is -1.33. The Morgan fingerprint density at radius 3 is 2.56 bits per heavy atom. The van der Waals surface area contributed by atoms with Gasteiger partial charge >= 0.3 is 0 Å². The number of sulfone groups is 1. The SMILES string of the molecule is COc1ccccc1C1=CN=C(Cl)S1(=O)=O. The van der Waals surface area contributed by atoms with Crippen molar-refractivity contribution in [3.63, 3.8) is 0 Å². The number of hydrogen-bond acceptors (Lipinski definition) is 4. The molecule has 84 valence electrons. The molecule has 2 rings (SSSR count). The second kappa shape index (κ2) is 3.92. The van der Waals surface area contributed by atoms with Crippen molar-refractivity contribution < 1.29 is 13.2 Å². The minimum atomic E-state index is -3.65. The number of nitrogens with zero attached hydrogens (tertiary/aromatic N) is 1. The average molecular weight is 258 g/mol. The Bertz CT molecular complexity index is 590. The van der Waals surface area contributed by atoms with Crippen molar-refractivity contribution in [3.05, 3.63) is 36.0 Å². The molecule has 0 saturated carbocycles. The molecule has 1 aliphatic heterocycles. The van der Waals surface area contributed by atoms with Gasteiger partial charge in [-0.15, -0.1) is 0 Å². The largest absolute Gasteiger partial charge is 0.496 e. The van der Waals surface area contributed by atoms with Crippen LogP contribution in [0.25, 0.3) is 4.91 Å². The van der Waals surface area contributed by atoms with Crippen molar-refractivity contribution in [1.82, 2.24) is 0 Å². The quantitative estimate of drug-likeness (QED) is 0.814. The summed E-state index contributed by atoms with van der Waals surface area (Å²) in [4.78, 5) is 3.66. The second-order valence-electron chi connectivity index (χ2n) is 3.08. The van der Waals surface area contributed by atoms with Crippen LogP contribution in [0.2, 0.25) is 0 Å². The summed E-state index contributed by atoms with van der Waals surface area (Å²) in [5.41, 5.74) is 0.462. The summed E-state index contributed by atoms with van der Waals surface area (Å²) in [6.07, 6.45) is 1.23. The van der Waals surface area contributed by atoms with Crippen LogP contribution in [0.5, 0.6) is 5.75 Å². The van der Waals surface area contributed by atoms with E-state index in [0.29, 0.717) is 11.3 Å². The van der Waals surface area contributed by atoms with Gasteiger partial charge in [0.25, 0.3) is 0 Å². The van der Waals surface area contributed by atoms with Crippen molar-refractivity contribution in [2.45, 2.75) is 0 Å². The topological polar surface area (TPSA) is 55.7 Å². The third-order valence-corrected chi connectivity index (χ3v) is 4.33. The molecular formula is C10H8ClNO3S. The number of halogens is 1.